The summed E-state index contributed by atoms with van der Waals surface area (Å²) in [4.78, 5) is 12.8. The monoisotopic (exact) mass is 434 g/mol. The molecular weight excluding hydrogens is 411 g/mol. The van der Waals surface area contributed by atoms with Crippen molar-refractivity contribution in [3.8, 4) is 28.3 Å². The number of nitrogens with one attached hydrogen (secondary N) is 1. The lowest BCUT2D eigenvalue weighted by atomic mass is 10.0. The van der Waals surface area contributed by atoms with Crippen LogP contribution in [-0.2, 0) is 0 Å². The fourth-order valence-corrected chi connectivity index (χ4v) is 3.81. The van der Waals surface area contributed by atoms with Crippen molar-refractivity contribution in [1.29, 1.82) is 0 Å². The molecule has 0 saturated heterocycles. The molecule has 0 unspecified atom stereocenters. The first-order chi connectivity index (χ1) is 15.4. The third kappa shape index (κ3) is 3.64. The van der Waals surface area contributed by atoms with Crippen molar-refractivity contribution in [2.45, 2.75) is 38.7 Å². The van der Waals surface area contributed by atoms with E-state index in [9.17, 15) is 9.18 Å². The van der Waals surface area contributed by atoms with E-state index in [0.717, 1.165) is 24.2 Å². The first-order valence-electron chi connectivity index (χ1n) is 10.7. The SMILES string of the molecule is CNC(=O)c1c(-c2ccc(F)cc2)oc2cc(-c3cc(C4CC4)on3)c(OC(C)C)cc12. The molecule has 1 saturated carbocycles. The molecule has 1 fully saturated rings. The third-order valence-electron chi connectivity index (χ3n) is 5.50. The van der Waals surface area contributed by atoms with Gasteiger partial charge in [-0.05, 0) is 63.1 Å². The molecular formula is C25H23FN2O4. The number of amides is 1. The predicted molar refractivity (Wildman–Crippen MR) is 118 cm³/mol. The van der Waals surface area contributed by atoms with Crippen LogP contribution in [0.4, 0.5) is 4.39 Å². The van der Waals surface area contributed by atoms with Crippen LogP contribution in [0.5, 0.6) is 5.75 Å². The smallest absolute Gasteiger partial charge is 0.255 e. The molecule has 0 bridgehead atoms. The number of rotatable bonds is 6. The third-order valence-corrected chi connectivity index (χ3v) is 5.50. The van der Waals surface area contributed by atoms with Gasteiger partial charge >= 0.3 is 0 Å². The van der Waals surface area contributed by atoms with Gasteiger partial charge in [0.05, 0.1) is 11.7 Å². The highest BCUT2D eigenvalue weighted by Gasteiger charge is 2.29. The van der Waals surface area contributed by atoms with E-state index in [4.69, 9.17) is 13.7 Å². The zero-order valence-corrected chi connectivity index (χ0v) is 18.1. The number of halogens is 1. The molecule has 2 aromatic heterocycles. The van der Waals surface area contributed by atoms with E-state index in [1.165, 1.54) is 12.1 Å². The molecule has 32 heavy (non-hydrogen) atoms. The van der Waals surface area contributed by atoms with Gasteiger partial charge in [0.1, 0.15) is 34.4 Å². The van der Waals surface area contributed by atoms with E-state index in [0.29, 0.717) is 45.2 Å². The largest absolute Gasteiger partial charge is 0.490 e. The van der Waals surface area contributed by atoms with Crippen molar-refractivity contribution in [2.24, 2.45) is 0 Å². The first-order valence-corrected chi connectivity index (χ1v) is 10.7. The Morgan fingerprint density at radius 3 is 2.59 bits per heavy atom. The highest BCUT2D eigenvalue weighted by molar-refractivity contribution is 6.12. The summed E-state index contributed by atoms with van der Waals surface area (Å²) in [6.45, 7) is 3.87. The number of carbonyl (C=O) groups excluding carboxylic acids is 1. The molecule has 1 N–H and O–H groups in total. The summed E-state index contributed by atoms with van der Waals surface area (Å²) in [5.41, 5.74) is 2.86. The number of hydrogen-bond donors (Lipinski definition) is 1. The van der Waals surface area contributed by atoms with E-state index < -0.39 is 0 Å². The summed E-state index contributed by atoms with van der Waals surface area (Å²) < 4.78 is 31.2. The Kier molecular flexibility index (Phi) is 4.96. The summed E-state index contributed by atoms with van der Waals surface area (Å²) >= 11 is 0. The zero-order valence-electron chi connectivity index (χ0n) is 18.1. The fraction of sp³-hybridized carbons (Fsp3) is 0.280. The van der Waals surface area contributed by atoms with Crippen molar-refractivity contribution < 1.29 is 22.9 Å². The lowest BCUT2D eigenvalue weighted by Gasteiger charge is -2.13. The molecule has 164 valence electrons. The molecule has 4 aromatic rings. The van der Waals surface area contributed by atoms with E-state index in [1.54, 1.807) is 25.2 Å². The van der Waals surface area contributed by atoms with E-state index in [2.05, 4.69) is 10.5 Å². The average molecular weight is 434 g/mol. The number of carbonyl (C=O) groups is 1. The van der Waals surface area contributed by atoms with Crippen LogP contribution < -0.4 is 10.1 Å². The number of fused-ring (bicyclic) bond motifs is 1. The van der Waals surface area contributed by atoms with Crippen LogP contribution >= 0.6 is 0 Å². The number of nitrogens with zero attached hydrogens (tertiary/aromatic N) is 1. The van der Waals surface area contributed by atoms with Crippen LogP contribution in [0.2, 0.25) is 0 Å². The second-order valence-electron chi connectivity index (χ2n) is 8.29. The van der Waals surface area contributed by atoms with Gasteiger partial charge in [0.25, 0.3) is 5.91 Å². The predicted octanol–water partition coefficient (Wildman–Crippen LogP) is 5.92. The van der Waals surface area contributed by atoms with E-state index in [1.807, 2.05) is 26.0 Å². The molecule has 0 atom stereocenters. The maximum absolute atomic E-state index is 13.5. The average Bonchev–Trinajstić information content (AvgIpc) is 3.39. The van der Waals surface area contributed by atoms with Gasteiger partial charge in [-0.3, -0.25) is 4.79 Å². The minimum Gasteiger partial charge on any atom is -0.490 e. The molecule has 0 spiro atoms. The molecule has 1 aliphatic rings. The Bertz CT molecular complexity index is 1300. The molecule has 6 nitrogen and oxygen atoms in total. The van der Waals surface area contributed by atoms with E-state index >= 15 is 0 Å². The van der Waals surface area contributed by atoms with Crippen LogP contribution in [0.3, 0.4) is 0 Å². The number of furan rings is 1. The fourth-order valence-electron chi connectivity index (χ4n) is 3.81. The molecule has 2 heterocycles. The molecule has 7 heteroatoms. The Morgan fingerprint density at radius 1 is 1.19 bits per heavy atom. The van der Waals surface area contributed by atoms with Crippen molar-refractivity contribution in [3.05, 3.63) is 59.6 Å². The second kappa shape index (κ2) is 7.82. The maximum atomic E-state index is 13.5. The Balaban J connectivity index is 1.72. The van der Waals surface area contributed by atoms with Crippen LogP contribution in [-0.4, -0.2) is 24.2 Å². The molecule has 1 aliphatic carbocycles. The van der Waals surface area contributed by atoms with Crippen LogP contribution in [0.1, 0.15) is 48.7 Å². The first kappa shape index (κ1) is 20.3. The van der Waals surface area contributed by atoms with Gasteiger partial charge in [-0.15, -0.1) is 0 Å². The summed E-state index contributed by atoms with van der Waals surface area (Å²) in [5, 5.41) is 7.53. The number of aromatic nitrogens is 1. The van der Waals surface area contributed by atoms with Gasteiger partial charge in [0, 0.05) is 35.5 Å². The maximum Gasteiger partial charge on any atom is 0.255 e. The quantitative estimate of drug-likeness (QED) is 0.408. The highest BCUT2D eigenvalue weighted by Crippen LogP contribution is 2.44. The zero-order chi connectivity index (χ0) is 22.4. The number of hydrogen-bond acceptors (Lipinski definition) is 5. The lowest BCUT2D eigenvalue weighted by Crippen LogP contribution is -2.18. The van der Waals surface area contributed by atoms with Gasteiger partial charge in [0.15, 0.2) is 0 Å². The molecule has 5 rings (SSSR count). The Labute approximate surface area is 184 Å². The topological polar surface area (TPSA) is 77.5 Å². The summed E-state index contributed by atoms with van der Waals surface area (Å²) in [6, 6.07) is 11.4. The number of benzene rings is 2. The van der Waals surface area contributed by atoms with Gasteiger partial charge in [-0.1, -0.05) is 5.16 Å². The summed E-state index contributed by atoms with van der Waals surface area (Å²) in [7, 11) is 1.56. The van der Waals surface area contributed by atoms with Crippen LogP contribution in [0.15, 0.2) is 51.4 Å². The normalized spacial score (nSPS) is 13.7. The van der Waals surface area contributed by atoms with E-state index in [-0.39, 0.29) is 17.8 Å². The minimum atomic E-state index is -0.362. The van der Waals surface area contributed by atoms with Crippen molar-refractivity contribution in [2.75, 3.05) is 7.05 Å². The number of ether oxygens (including phenoxy) is 1. The molecule has 0 aliphatic heterocycles. The Hall–Kier alpha value is -3.61. The Morgan fingerprint density at radius 2 is 1.94 bits per heavy atom. The van der Waals surface area contributed by atoms with Crippen molar-refractivity contribution in [1.82, 2.24) is 10.5 Å². The standard InChI is InChI=1S/C25H23FN2O4/c1-13(2)30-21-11-18-22(10-17(21)19-12-20(32-28-19)14-4-5-14)31-24(23(18)25(29)27-3)15-6-8-16(26)9-7-15/h6-14H,4-5H2,1-3H3,(H,27,29). The van der Waals surface area contributed by atoms with Gasteiger partial charge in [-0.25, -0.2) is 4.39 Å². The minimum absolute atomic E-state index is 0.0899. The van der Waals surface area contributed by atoms with Gasteiger partial charge < -0.3 is 19.0 Å². The molecule has 0 radical (unpaired) electrons. The summed E-state index contributed by atoms with van der Waals surface area (Å²) in [6.07, 6.45) is 2.13. The molecule has 1 amide bonds. The highest BCUT2D eigenvalue weighted by atomic mass is 19.1. The molecule has 2 aromatic carbocycles. The van der Waals surface area contributed by atoms with Crippen molar-refractivity contribution >= 4 is 16.9 Å². The van der Waals surface area contributed by atoms with Crippen molar-refractivity contribution in [3.63, 3.8) is 0 Å². The summed E-state index contributed by atoms with van der Waals surface area (Å²) in [5.74, 6) is 1.59. The lowest BCUT2D eigenvalue weighted by molar-refractivity contribution is 0.0964. The van der Waals surface area contributed by atoms with Crippen LogP contribution in [0.25, 0.3) is 33.6 Å². The van der Waals surface area contributed by atoms with Gasteiger partial charge in [-0.2, -0.15) is 0 Å². The second-order valence-corrected chi connectivity index (χ2v) is 8.29. The van der Waals surface area contributed by atoms with Gasteiger partial charge in [0.2, 0.25) is 0 Å². The van der Waals surface area contributed by atoms with Crippen LogP contribution in [0, 0.1) is 5.82 Å².